The van der Waals surface area contributed by atoms with Gasteiger partial charge in [-0.2, -0.15) is 0 Å². The second kappa shape index (κ2) is 6.77. The number of rotatable bonds is 4. The first-order chi connectivity index (χ1) is 13.7. The van der Waals surface area contributed by atoms with Crippen molar-refractivity contribution in [3.8, 4) is 0 Å². The van der Waals surface area contributed by atoms with E-state index in [1.54, 1.807) is 17.1 Å². The number of hydrogen-bond donors (Lipinski definition) is 0. The van der Waals surface area contributed by atoms with E-state index in [9.17, 15) is 0 Å². The second-order valence-electron chi connectivity index (χ2n) is 6.73. The smallest absolute Gasteiger partial charge is 0.221 e. The van der Waals surface area contributed by atoms with Crippen molar-refractivity contribution in [1.29, 1.82) is 0 Å². The fourth-order valence-corrected chi connectivity index (χ4v) is 3.26. The zero-order valence-electron chi connectivity index (χ0n) is 15.3. The van der Waals surface area contributed by atoms with Crippen LogP contribution in [0.4, 0.5) is 0 Å². The van der Waals surface area contributed by atoms with Crippen LogP contribution in [0.1, 0.15) is 22.6 Å². The molecule has 0 aliphatic heterocycles. The van der Waals surface area contributed by atoms with Crippen LogP contribution in [0.15, 0.2) is 60.9 Å². The number of nitrogens with zero attached hydrogens (tertiary/aromatic N) is 7. The van der Waals surface area contributed by atoms with Crippen LogP contribution < -0.4 is 0 Å². The van der Waals surface area contributed by atoms with Crippen LogP contribution in [-0.4, -0.2) is 34.9 Å². The zero-order valence-corrected chi connectivity index (χ0v) is 15.3. The predicted molar refractivity (Wildman–Crippen MR) is 106 cm³/mol. The molecule has 0 unspecified atom stereocenters. The van der Waals surface area contributed by atoms with E-state index in [1.165, 1.54) is 0 Å². The first-order valence-electron chi connectivity index (χ1n) is 9.06. The van der Waals surface area contributed by atoms with Crippen LogP contribution in [0.25, 0.3) is 22.2 Å². The number of hydrogen-bond acceptors (Lipinski definition) is 6. The van der Waals surface area contributed by atoms with Gasteiger partial charge in [-0.1, -0.05) is 23.4 Å². The van der Waals surface area contributed by atoms with E-state index in [4.69, 9.17) is 4.98 Å². The van der Waals surface area contributed by atoms with E-state index in [-0.39, 0.29) is 0 Å². The van der Waals surface area contributed by atoms with Gasteiger partial charge < -0.3 is 0 Å². The highest BCUT2D eigenvalue weighted by Gasteiger charge is 2.10. The molecule has 7 nitrogen and oxygen atoms in total. The number of pyridine rings is 2. The monoisotopic (exact) mass is 367 g/mol. The molecule has 0 aliphatic carbocycles. The Bertz CT molecular complexity index is 1290. The molecule has 7 heteroatoms. The Morgan fingerprint density at radius 2 is 1.89 bits per heavy atom. The summed E-state index contributed by atoms with van der Waals surface area (Å²) in [6, 6.07) is 16.2. The van der Waals surface area contributed by atoms with Gasteiger partial charge in [-0.05, 0) is 42.8 Å². The van der Waals surface area contributed by atoms with Gasteiger partial charge in [0.05, 0.1) is 24.0 Å². The van der Waals surface area contributed by atoms with Crippen molar-refractivity contribution >= 4 is 22.2 Å². The van der Waals surface area contributed by atoms with Gasteiger partial charge in [0, 0.05) is 29.4 Å². The lowest BCUT2D eigenvalue weighted by molar-refractivity contribution is 0.663. The topological polar surface area (TPSA) is 82.3 Å². The van der Waals surface area contributed by atoms with E-state index in [0.717, 1.165) is 33.5 Å². The molecule has 0 fully saturated rings. The van der Waals surface area contributed by atoms with E-state index >= 15 is 0 Å². The van der Waals surface area contributed by atoms with Gasteiger partial charge in [0.25, 0.3) is 0 Å². The standard InChI is InChI=1S/C21H17N7/c1-14-4-2-6-17(24-14)11-18-12-23-20-21(25-18)28(27-26-20)13-15-7-8-19-16(10-15)5-3-9-22-19/h2-10,12H,11,13H2,1H3. The summed E-state index contributed by atoms with van der Waals surface area (Å²) >= 11 is 0. The van der Waals surface area contributed by atoms with Crippen LogP contribution in [0.2, 0.25) is 0 Å². The van der Waals surface area contributed by atoms with Crippen LogP contribution in [0.5, 0.6) is 0 Å². The molecule has 0 aliphatic rings. The molecule has 4 aromatic heterocycles. The summed E-state index contributed by atoms with van der Waals surface area (Å²) in [5, 5.41) is 9.49. The van der Waals surface area contributed by atoms with Crippen molar-refractivity contribution in [1.82, 2.24) is 34.9 Å². The highest BCUT2D eigenvalue weighted by Crippen LogP contribution is 2.16. The van der Waals surface area contributed by atoms with Gasteiger partial charge in [0.1, 0.15) is 0 Å². The molecule has 0 saturated carbocycles. The first kappa shape index (κ1) is 16.4. The average Bonchev–Trinajstić information content (AvgIpc) is 3.10. The largest absolute Gasteiger partial charge is 0.258 e. The molecule has 1 aromatic carbocycles. The van der Waals surface area contributed by atoms with Crippen molar-refractivity contribution < 1.29 is 0 Å². The second-order valence-corrected chi connectivity index (χ2v) is 6.73. The van der Waals surface area contributed by atoms with Gasteiger partial charge >= 0.3 is 0 Å². The van der Waals surface area contributed by atoms with Crippen molar-refractivity contribution in [3.05, 3.63) is 83.6 Å². The molecule has 28 heavy (non-hydrogen) atoms. The van der Waals surface area contributed by atoms with Crippen LogP contribution in [0, 0.1) is 6.92 Å². The lowest BCUT2D eigenvalue weighted by Crippen LogP contribution is -2.05. The Balaban J connectivity index is 1.47. The maximum absolute atomic E-state index is 4.74. The molecule has 0 spiro atoms. The third kappa shape index (κ3) is 3.18. The molecule has 0 atom stereocenters. The quantitative estimate of drug-likeness (QED) is 0.485. The Kier molecular flexibility index (Phi) is 3.97. The minimum Gasteiger partial charge on any atom is -0.258 e. The maximum atomic E-state index is 4.74. The van der Waals surface area contributed by atoms with Crippen LogP contribution in [0.3, 0.4) is 0 Å². The van der Waals surface area contributed by atoms with Crippen LogP contribution in [-0.2, 0) is 13.0 Å². The minimum absolute atomic E-state index is 0.545. The number of fused-ring (bicyclic) bond motifs is 2. The summed E-state index contributed by atoms with van der Waals surface area (Å²) in [5.74, 6) is 0. The number of aromatic nitrogens is 7. The molecule has 0 amide bonds. The summed E-state index contributed by atoms with van der Waals surface area (Å²) in [7, 11) is 0. The third-order valence-electron chi connectivity index (χ3n) is 4.59. The lowest BCUT2D eigenvalue weighted by atomic mass is 10.1. The minimum atomic E-state index is 0.545. The van der Waals surface area contributed by atoms with Crippen LogP contribution >= 0.6 is 0 Å². The van der Waals surface area contributed by atoms with E-state index < -0.39 is 0 Å². The van der Waals surface area contributed by atoms with Gasteiger partial charge in [0.15, 0.2) is 5.65 Å². The summed E-state index contributed by atoms with van der Waals surface area (Å²) in [5.41, 5.74) is 6.11. The van der Waals surface area contributed by atoms with Gasteiger partial charge in [0.2, 0.25) is 5.65 Å². The predicted octanol–water partition coefficient (Wildman–Crippen LogP) is 3.11. The molecular weight excluding hydrogens is 350 g/mol. The zero-order chi connectivity index (χ0) is 18.9. The van der Waals surface area contributed by atoms with Crippen molar-refractivity contribution in [2.24, 2.45) is 0 Å². The highest BCUT2D eigenvalue weighted by molar-refractivity contribution is 5.79. The molecule has 0 N–H and O–H groups in total. The Labute approximate surface area is 161 Å². The molecular formula is C21H17N7. The summed E-state index contributed by atoms with van der Waals surface area (Å²) in [6.45, 7) is 2.55. The number of aryl methyl sites for hydroxylation is 1. The van der Waals surface area contributed by atoms with Crippen molar-refractivity contribution in [3.63, 3.8) is 0 Å². The molecule has 0 radical (unpaired) electrons. The Morgan fingerprint density at radius 3 is 2.82 bits per heavy atom. The van der Waals surface area contributed by atoms with Gasteiger partial charge in [-0.25, -0.2) is 14.6 Å². The average molecular weight is 367 g/mol. The summed E-state index contributed by atoms with van der Waals surface area (Å²) < 4.78 is 1.78. The maximum Gasteiger partial charge on any atom is 0.221 e. The van der Waals surface area contributed by atoms with Crippen molar-refractivity contribution in [2.45, 2.75) is 19.9 Å². The summed E-state index contributed by atoms with van der Waals surface area (Å²) in [4.78, 5) is 18.1. The highest BCUT2D eigenvalue weighted by atomic mass is 15.4. The fraction of sp³-hybridized carbons (Fsp3) is 0.143. The summed E-state index contributed by atoms with van der Waals surface area (Å²) in [6.07, 6.45) is 4.16. The normalized spacial score (nSPS) is 11.3. The lowest BCUT2D eigenvalue weighted by Gasteiger charge is -2.05. The van der Waals surface area contributed by atoms with E-state index in [2.05, 4.69) is 43.5 Å². The molecule has 0 bridgehead atoms. The SMILES string of the molecule is Cc1cccc(Cc2cnc3nnn(Cc4ccc5ncccc5c4)c3n2)n1. The van der Waals surface area contributed by atoms with Gasteiger partial charge in [-0.3, -0.25) is 9.97 Å². The van der Waals surface area contributed by atoms with Crippen molar-refractivity contribution in [2.75, 3.05) is 0 Å². The molecule has 0 saturated heterocycles. The van der Waals surface area contributed by atoms with Gasteiger partial charge in [-0.15, -0.1) is 5.10 Å². The molecule has 136 valence electrons. The molecule has 5 aromatic rings. The fourth-order valence-electron chi connectivity index (χ4n) is 3.26. The first-order valence-corrected chi connectivity index (χ1v) is 9.06. The van der Waals surface area contributed by atoms with E-state index in [0.29, 0.717) is 24.3 Å². The molecule has 4 heterocycles. The van der Waals surface area contributed by atoms with E-state index in [1.807, 2.05) is 37.3 Å². The third-order valence-corrected chi connectivity index (χ3v) is 4.59. The Morgan fingerprint density at radius 1 is 0.929 bits per heavy atom. The Hall–Kier alpha value is -3.74. The number of benzene rings is 1. The molecule has 5 rings (SSSR count).